The second-order valence-electron chi connectivity index (χ2n) is 4.67. The number of nitrogens with zero attached hydrogens (tertiary/aromatic N) is 4. The highest BCUT2D eigenvalue weighted by Crippen LogP contribution is 2.30. The summed E-state index contributed by atoms with van der Waals surface area (Å²) in [6.07, 6.45) is 7.55. The quantitative estimate of drug-likeness (QED) is 0.874. The van der Waals surface area contributed by atoms with Crippen LogP contribution in [-0.2, 0) is 0 Å². The van der Waals surface area contributed by atoms with Gasteiger partial charge in [-0.15, -0.1) is 5.10 Å². The molecule has 1 aliphatic carbocycles. The Morgan fingerprint density at radius 1 is 1.28 bits per heavy atom. The topological polar surface area (TPSA) is 80.4 Å². The number of carboxylic acids is 1. The SMILES string of the molecule is O=C(O)c1ccn2nc(C3CCCCC3)nc2n1. The predicted molar refractivity (Wildman–Crippen MR) is 63.6 cm³/mol. The summed E-state index contributed by atoms with van der Waals surface area (Å²) in [5, 5.41) is 13.3. The van der Waals surface area contributed by atoms with Crippen LogP contribution in [0.2, 0.25) is 0 Å². The molecule has 2 aromatic rings. The maximum Gasteiger partial charge on any atom is 0.354 e. The van der Waals surface area contributed by atoms with E-state index in [-0.39, 0.29) is 5.69 Å². The Morgan fingerprint density at radius 3 is 2.78 bits per heavy atom. The molecule has 2 heterocycles. The minimum absolute atomic E-state index is 0.00472. The average molecular weight is 246 g/mol. The lowest BCUT2D eigenvalue weighted by Gasteiger charge is -2.17. The van der Waals surface area contributed by atoms with E-state index in [0.717, 1.165) is 18.7 Å². The van der Waals surface area contributed by atoms with Gasteiger partial charge < -0.3 is 5.11 Å². The third-order valence-corrected chi connectivity index (χ3v) is 3.41. The summed E-state index contributed by atoms with van der Waals surface area (Å²) >= 11 is 0. The van der Waals surface area contributed by atoms with Gasteiger partial charge >= 0.3 is 5.97 Å². The molecule has 1 N–H and O–H groups in total. The van der Waals surface area contributed by atoms with Crippen LogP contribution in [-0.4, -0.2) is 30.7 Å². The fraction of sp³-hybridized carbons (Fsp3) is 0.500. The first-order valence-electron chi connectivity index (χ1n) is 6.20. The van der Waals surface area contributed by atoms with Gasteiger partial charge in [-0.05, 0) is 18.9 Å². The Morgan fingerprint density at radius 2 is 2.06 bits per heavy atom. The van der Waals surface area contributed by atoms with Crippen LogP contribution in [0.4, 0.5) is 0 Å². The van der Waals surface area contributed by atoms with Gasteiger partial charge in [-0.1, -0.05) is 19.3 Å². The smallest absolute Gasteiger partial charge is 0.354 e. The zero-order valence-electron chi connectivity index (χ0n) is 9.91. The van der Waals surface area contributed by atoms with Gasteiger partial charge in [-0.2, -0.15) is 4.98 Å². The molecule has 0 bridgehead atoms. The molecule has 2 aromatic heterocycles. The summed E-state index contributed by atoms with van der Waals surface area (Å²) < 4.78 is 1.55. The first-order valence-corrected chi connectivity index (χ1v) is 6.20. The van der Waals surface area contributed by atoms with Crippen LogP contribution in [0.5, 0.6) is 0 Å². The fourth-order valence-electron chi connectivity index (χ4n) is 2.45. The van der Waals surface area contributed by atoms with E-state index in [1.165, 1.54) is 25.3 Å². The summed E-state index contributed by atoms with van der Waals surface area (Å²) in [5.74, 6) is 0.522. The summed E-state index contributed by atoms with van der Waals surface area (Å²) in [4.78, 5) is 19.2. The van der Waals surface area contributed by atoms with Crippen molar-refractivity contribution in [1.29, 1.82) is 0 Å². The van der Waals surface area contributed by atoms with E-state index in [2.05, 4.69) is 15.1 Å². The average Bonchev–Trinajstić information content (AvgIpc) is 2.82. The van der Waals surface area contributed by atoms with Crippen LogP contribution in [0.3, 0.4) is 0 Å². The molecule has 0 aromatic carbocycles. The Labute approximate surface area is 104 Å². The second-order valence-corrected chi connectivity index (χ2v) is 4.67. The van der Waals surface area contributed by atoms with Crippen molar-refractivity contribution in [3.8, 4) is 0 Å². The molecule has 1 fully saturated rings. The van der Waals surface area contributed by atoms with Crippen LogP contribution in [0.25, 0.3) is 5.78 Å². The molecule has 1 saturated carbocycles. The molecular formula is C12H14N4O2. The van der Waals surface area contributed by atoms with Gasteiger partial charge in [0.2, 0.25) is 0 Å². The van der Waals surface area contributed by atoms with E-state index in [1.807, 2.05) is 0 Å². The van der Waals surface area contributed by atoms with Gasteiger partial charge in [0.15, 0.2) is 11.5 Å². The fourth-order valence-corrected chi connectivity index (χ4v) is 2.45. The lowest BCUT2D eigenvalue weighted by atomic mass is 9.89. The lowest BCUT2D eigenvalue weighted by molar-refractivity contribution is 0.0690. The van der Waals surface area contributed by atoms with E-state index >= 15 is 0 Å². The van der Waals surface area contributed by atoms with Crippen LogP contribution in [0.1, 0.15) is 54.3 Å². The number of hydrogen-bond acceptors (Lipinski definition) is 4. The minimum Gasteiger partial charge on any atom is -0.477 e. The van der Waals surface area contributed by atoms with Crippen LogP contribution in [0.15, 0.2) is 12.3 Å². The maximum absolute atomic E-state index is 10.8. The number of fused-ring (bicyclic) bond motifs is 1. The third-order valence-electron chi connectivity index (χ3n) is 3.41. The number of hydrogen-bond donors (Lipinski definition) is 1. The standard InChI is InChI=1S/C12H14N4O2/c17-11(18)9-6-7-16-12(13-9)14-10(15-16)8-4-2-1-3-5-8/h6-8H,1-5H2,(H,17,18). The number of carbonyl (C=O) groups is 1. The Kier molecular flexibility index (Phi) is 2.70. The summed E-state index contributed by atoms with van der Waals surface area (Å²) in [5.41, 5.74) is 0.00472. The molecule has 0 unspecified atom stereocenters. The predicted octanol–water partition coefficient (Wildman–Crippen LogP) is 1.87. The van der Waals surface area contributed by atoms with E-state index in [9.17, 15) is 4.79 Å². The van der Waals surface area contributed by atoms with Gasteiger partial charge in [0.25, 0.3) is 5.78 Å². The molecule has 0 amide bonds. The van der Waals surface area contributed by atoms with Crippen molar-refractivity contribution < 1.29 is 9.90 Å². The van der Waals surface area contributed by atoms with E-state index in [1.54, 1.807) is 10.7 Å². The number of rotatable bonds is 2. The second kappa shape index (κ2) is 4.36. The lowest BCUT2D eigenvalue weighted by Crippen LogP contribution is -2.06. The molecule has 3 rings (SSSR count). The van der Waals surface area contributed by atoms with Crippen LogP contribution in [0, 0.1) is 0 Å². The molecule has 0 radical (unpaired) electrons. The molecular weight excluding hydrogens is 232 g/mol. The highest BCUT2D eigenvalue weighted by atomic mass is 16.4. The molecule has 0 aliphatic heterocycles. The largest absolute Gasteiger partial charge is 0.477 e. The highest BCUT2D eigenvalue weighted by molar-refractivity contribution is 5.85. The van der Waals surface area contributed by atoms with Crippen molar-refractivity contribution in [2.24, 2.45) is 0 Å². The monoisotopic (exact) mass is 246 g/mol. The molecule has 18 heavy (non-hydrogen) atoms. The summed E-state index contributed by atoms with van der Waals surface area (Å²) in [6.45, 7) is 0. The number of carboxylic acid groups (broad SMARTS) is 1. The summed E-state index contributed by atoms with van der Waals surface area (Å²) in [7, 11) is 0. The minimum atomic E-state index is -1.04. The van der Waals surface area contributed by atoms with E-state index in [0.29, 0.717) is 11.7 Å². The molecule has 0 atom stereocenters. The molecule has 94 valence electrons. The van der Waals surface area contributed by atoms with Crippen molar-refractivity contribution in [2.45, 2.75) is 38.0 Å². The summed E-state index contributed by atoms with van der Waals surface area (Å²) in [6, 6.07) is 1.44. The highest BCUT2D eigenvalue weighted by Gasteiger charge is 2.20. The van der Waals surface area contributed by atoms with E-state index < -0.39 is 5.97 Å². The first-order chi connectivity index (χ1) is 8.74. The van der Waals surface area contributed by atoms with Crippen molar-refractivity contribution in [3.05, 3.63) is 23.8 Å². The number of aromatic carboxylic acids is 1. The van der Waals surface area contributed by atoms with Crippen LogP contribution >= 0.6 is 0 Å². The number of aromatic nitrogens is 4. The normalized spacial score (nSPS) is 17.1. The first kappa shape index (κ1) is 11.1. The van der Waals surface area contributed by atoms with Gasteiger partial charge in [0.1, 0.15) is 0 Å². The van der Waals surface area contributed by atoms with Crippen LogP contribution < -0.4 is 0 Å². The maximum atomic E-state index is 10.8. The molecule has 6 heteroatoms. The molecule has 0 spiro atoms. The van der Waals surface area contributed by atoms with Crippen molar-refractivity contribution >= 4 is 11.7 Å². The van der Waals surface area contributed by atoms with Gasteiger partial charge in [-0.3, -0.25) is 0 Å². The van der Waals surface area contributed by atoms with Gasteiger partial charge in [0, 0.05) is 12.1 Å². The van der Waals surface area contributed by atoms with E-state index in [4.69, 9.17) is 5.11 Å². The van der Waals surface area contributed by atoms with Gasteiger partial charge in [-0.25, -0.2) is 14.3 Å². The van der Waals surface area contributed by atoms with Crippen molar-refractivity contribution in [2.75, 3.05) is 0 Å². The van der Waals surface area contributed by atoms with Crippen molar-refractivity contribution in [3.63, 3.8) is 0 Å². The zero-order valence-corrected chi connectivity index (χ0v) is 9.91. The Hall–Kier alpha value is -1.98. The Balaban J connectivity index is 1.97. The van der Waals surface area contributed by atoms with Gasteiger partial charge in [0.05, 0.1) is 0 Å². The van der Waals surface area contributed by atoms with Crippen molar-refractivity contribution in [1.82, 2.24) is 19.6 Å². The zero-order chi connectivity index (χ0) is 12.5. The molecule has 0 saturated heterocycles. The Bertz CT molecular complexity index is 587. The molecule has 6 nitrogen and oxygen atoms in total. The third kappa shape index (κ3) is 1.94. The molecule has 1 aliphatic rings.